The minimum absolute atomic E-state index is 0.298. The third-order valence-electron chi connectivity index (χ3n) is 3.25. The zero-order chi connectivity index (χ0) is 13.0. The maximum absolute atomic E-state index is 8.73. The average Bonchev–Trinajstić information content (AvgIpc) is 2.64. The number of benzene rings is 1. The fraction of sp³-hybridized carbons (Fsp3) is 0.500. The van der Waals surface area contributed by atoms with Crippen molar-refractivity contribution in [1.82, 2.24) is 9.55 Å². The Bertz CT molecular complexity index is 519. The minimum Gasteiger partial charge on any atom is -0.399 e. The van der Waals surface area contributed by atoms with Gasteiger partial charge in [-0.3, -0.25) is 0 Å². The van der Waals surface area contributed by atoms with Gasteiger partial charge in [0.25, 0.3) is 0 Å². The monoisotopic (exact) mass is 247 g/mol. The van der Waals surface area contributed by atoms with E-state index in [0.29, 0.717) is 6.61 Å². The minimum atomic E-state index is 0.298. The summed E-state index contributed by atoms with van der Waals surface area (Å²) in [4.78, 5) is 4.53. The van der Waals surface area contributed by atoms with Crippen molar-refractivity contribution in [2.45, 2.75) is 39.2 Å². The van der Waals surface area contributed by atoms with Gasteiger partial charge < -0.3 is 15.4 Å². The zero-order valence-corrected chi connectivity index (χ0v) is 10.9. The van der Waals surface area contributed by atoms with Crippen LogP contribution >= 0.6 is 0 Å². The Morgan fingerprint density at radius 1 is 1.22 bits per heavy atom. The molecule has 0 amide bonds. The Balaban J connectivity index is 2.05. The number of nitrogen functional groups attached to an aromatic ring is 1. The summed E-state index contributed by atoms with van der Waals surface area (Å²) in [5.41, 5.74) is 8.66. The van der Waals surface area contributed by atoms with Gasteiger partial charge in [-0.1, -0.05) is 12.8 Å². The van der Waals surface area contributed by atoms with Crippen LogP contribution in [0.2, 0.25) is 0 Å². The highest BCUT2D eigenvalue weighted by atomic mass is 16.2. The Labute approximate surface area is 107 Å². The predicted molar refractivity (Wildman–Crippen MR) is 74.4 cm³/mol. The van der Waals surface area contributed by atoms with Crippen LogP contribution in [0, 0.1) is 6.92 Å². The number of hydrogen-bond acceptors (Lipinski definition) is 3. The zero-order valence-electron chi connectivity index (χ0n) is 10.9. The summed E-state index contributed by atoms with van der Waals surface area (Å²) in [6.07, 6.45) is 4.26. The topological polar surface area (TPSA) is 64.1 Å². The van der Waals surface area contributed by atoms with Crippen molar-refractivity contribution in [3.8, 4) is 0 Å². The molecule has 0 saturated heterocycles. The third kappa shape index (κ3) is 2.82. The quantitative estimate of drug-likeness (QED) is 0.609. The Hall–Kier alpha value is -1.55. The van der Waals surface area contributed by atoms with Crippen LogP contribution in [0.5, 0.6) is 0 Å². The summed E-state index contributed by atoms with van der Waals surface area (Å²) >= 11 is 0. The fourth-order valence-electron chi connectivity index (χ4n) is 2.28. The summed E-state index contributed by atoms with van der Waals surface area (Å²) in [5, 5.41) is 8.73. The number of nitrogens with two attached hydrogens (primary N) is 1. The van der Waals surface area contributed by atoms with E-state index in [-0.39, 0.29) is 0 Å². The molecule has 0 radical (unpaired) electrons. The summed E-state index contributed by atoms with van der Waals surface area (Å²) in [7, 11) is 0. The first-order valence-electron chi connectivity index (χ1n) is 6.55. The Kier molecular flexibility index (Phi) is 4.20. The molecule has 0 aliphatic heterocycles. The molecule has 2 aromatic rings. The standard InChI is InChI=1S/C14H21N3O/c1-11-16-13-10-12(15)6-7-14(13)17(11)8-4-2-3-5-9-18/h6-7,10,18H,2-5,8-9,15H2,1H3. The smallest absolute Gasteiger partial charge is 0.106 e. The number of nitrogens with zero attached hydrogens (tertiary/aromatic N) is 2. The van der Waals surface area contributed by atoms with E-state index in [9.17, 15) is 0 Å². The molecule has 98 valence electrons. The Morgan fingerprint density at radius 2 is 2.00 bits per heavy atom. The van der Waals surface area contributed by atoms with E-state index in [2.05, 4.69) is 9.55 Å². The normalized spacial score (nSPS) is 11.2. The van der Waals surface area contributed by atoms with Gasteiger partial charge in [0, 0.05) is 18.8 Å². The molecule has 0 fully saturated rings. The van der Waals surface area contributed by atoms with Crippen LogP contribution in [0.25, 0.3) is 11.0 Å². The number of hydrogen-bond donors (Lipinski definition) is 2. The van der Waals surface area contributed by atoms with E-state index in [0.717, 1.165) is 54.8 Å². The molecule has 0 unspecified atom stereocenters. The number of fused-ring (bicyclic) bond motifs is 1. The average molecular weight is 247 g/mol. The van der Waals surface area contributed by atoms with Crippen LogP contribution in [-0.2, 0) is 6.54 Å². The van der Waals surface area contributed by atoms with Crippen LogP contribution in [0.1, 0.15) is 31.5 Å². The number of rotatable bonds is 6. The summed E-state index contributed by atoms with van der Waals surface area (Å²) in [6, 6.07) is 5.88. The molecule has 1 aromatic carbocycles. The molecule has 1 aromatic heterocycles. The van der Waals surface area contributed by atoms with E-state index in [1.165, 1.54) is 0 Å². The number of aliphatic hydroxyl groups is 1. The SMILES string of the molecule is Cc1nc2cc(N)ccc2n1CCCCCCO. The Morgan fingerprint density at radius 3 is 2.78 bits per heavy atom. The molecular weight excluding hydrogens is 226 g/mol. The van der Waals surface area contributed by atoms with Crippen molar-refractivity contribution < 1.29 is 5.11 Å². The second-order valence-electron chi connectivity index (χ2n) is 4.70. The summed E-state index contributed by atoms with van der Waals surface area (Å²) < 4.78 is 2.24. The first-order valence-corrected chi connectivity index (χ1v) is 6.55. The number of unbranched alkanes of at least 4 members (excludes halogenated alkanes) is 3. The highest BCUT2D eigenvalue weighted by Crippen LogP contribution is 2.19. The maximum atomic E-state index is 8.73. The molecule has 0 saturated carbocycles. The van der Waals surface area contributed by atoms with E-state index in [1.54, 1.807) is 0 Å². The molecule has 0 spiro atoms. The summed E-state index contributed by atoms with van der Waals surface area (Å²) in [5.74, 6) is 1.04. The molecular formula is C14H21N3O. The largest absolute Gasteiger partial charge is 0.399 e. The highest BCUT2D eigenvalue weighted by Gasteiger charge is 2.06. The second-order valence-corrected chi connectivity index (χ2v) is 4.70. The van der Waals surface area contributed by atoms with Gasteiger partial charge in [0.15, 0.2) is 0 Å². The first kappa shape index (κ1) is 12.9. The van der Waals surface area contributed by atoms with Crippen LogP contribution in [0.15, 0.2) is 18.2 Å². The van der Waals surface area contributed by atoms with Gasteiger partial charge in [0.1, 0.15) is 5.82 Å². The molecule has 1 heterocycles. The number of aromatic nitrogens is 2. The first-order chi connectivity index (χ1) is 8.72. The lowest BCUT2D eigenvalue weighted by molar-refractivity contribution is 0.282. The molecule has 0 atom stereocenters. The molecule has 0 aliphatic carbocycles. The van der Waals surface area contributed by atoms with Crippen molar-refractivity contribution in [2.75, 3.05) is 12.3 Å². The van der Waals surface area contributed by atoms with E-state index >= 15 is 0 Å². The van der Waals surface area contributed by atoms with Crippen molar-refractivity contribution in [3.05, 3.63) is 24.0 Å². The van der Waals surface area contributed by atoms with Gasteiger partial charge in [-0.2, -0.15) is 0 Å². The van der Waals surface area contributed by atoms with E-state index in [1.807, 2.05) is 25.1 Å². The van der Waals surface area contributed by atoms with Crippen molar-refractivity contribution >= 4 is 16.7 Å². The third-order valence-corrected chi connectivity index (χ3v) is 3.25. The lowest BCUT2D eigenvalue weighted by Crippen LogP contribution is -2.00. The second kappa shape index (κ2) is 5.87. The molecule has 0 bridgehead atoms. The van der Waals surface area contributed by atoms with Gasteiger partial charge in [-0.25, -0.2) is 4.98 Å². The van der Waals surface area contributed by atoms with Crippen molar-refractivity contribution in [1.29, 1.82) is 0 Å². The van der Waals surface area contributed by atoms with Crippen LogP contribution in [0.3, 0.4) is 0 Å². The maximum Gasteiger partial charge on any atom is 0.106 e. The van der Waals surface area contributed by atoms with Crippen LogP contribution in [-0.4, -0.2) is 21.3 Å². The van der Waals surface area contributed by atoms with Gasteiger partial charge >= 0.3 is 0 Å². The van der Waals surface area contributed by atoms with Gasteiger partial charge in [-0.15, -0.1) is 0 Å². The molecule has 0 aliphatic rings. The predicted octanol–water partition coefficient (Wildman–Crippen LogP) is 2.48. The molecule has 4 nitrogen and oxygen atoms in total. The van der Waals surface area contributed by atoms with Crippen molar-refractivity contribution in [3.63, 3.8) is 0 Å². The van der Waals surface area contributed by atoms with Crippen LogP contribution in [0.4, 0.5) is 5.69 Å². The number of aliphatic hydroxyl groups excluding tert-OH is 1. The van der Waals surface area contributed by atoms with Gasteiger partial charge in [-0.05, 0) is 38.0 Å². The molecule has 18 heavy (non-hydrogen) atoms. The van der Waals surface area contributed by atoms with Crippen LogP contribution < -0.4 is 5.73 Å². The lowest BCUT2D eigenvalue weighted by atomic mass is 10.2. The molecule has 3 N–H and O–H groups in total. The van der Waals surface area contributed by atoms with E-state index < -0.39 is 0 Å². The lowest BCUT2D eigenvalue weighted by Gasteiger charge is -2.06. The number of aryl methyl sites for hydroxylation is 2. The van der Waals surface area contributed by atoms with Gasteiger partial charge in [0.05, 0.1) is 11.0 Å². The molecule has 2 rings (SSSR count). The summed E-state index contributed by atoms with van der Waals surface area (Å²) in [6.45, 7) is 3.31. The van der Waals surface area contributed by atoms with Crippen molar-refractivity contribution in [2.24, 2.45) is 0 Å². The van der Waals surface area contributed by atoms with Gasteiger partial charge in [0.2, 0.25) is 0 Å². The number of imidazole rings is 1. The fourth-order valence-corrected chi connectivity index (χ4v) is 2.28. The van der Waals surface area contributed by atoms with E-state index in [4.69, 9.17) is 10.8 Å². The highest BCUT2D eigenvalue weighted by molar-refractivity contribution is 5.79. The molecule has 4 heteroatoms. The number of anilines is 1.